The van der Waals surface area contributed by atoms with Crippen LogP contribution in [0.25, 0.3) is 0 Å². The molecule has 0 saturated carbocycles. The average Bonchev–Trinajstić information content (AvgIpc) is 3.22. The van der Waals surface area contributed by atoms with Crippen molar-refractivity contribution in [3.8, 4) is 11.5 Å². The number of nitrogens with zero attached hydrogens (tertiary/aromatic N) is 1. The number of amides is 4. The molecule has 0 saturated heterocycles. The fourth-order valence-electron chi connectivity index (χ4n) is 4.49. The maximum atomic E-state index is 13.1. The maximum Gasteiger partial charge on any atom is 0.261 e. The van der Waals surface area contributed by atoms with Crippen molar-refractivity contribution in [3.63, 3.8) is 0 Å². The second-order valence-corrected chi connectivity index (χ2v) is 9.27. The number of ether oxygens (including phenoxy) is 2. The van der Waals surface area contributed by atoms with Gasteiger partial charge in [0, 0.05) is 19.5 Å². The van der Waals surface area contributed by atoms with Gasteiger partial charge in [-0.3, -0.25) is 34.8 Å². The molecule has 0 aromatic heterocycles. The Bertz CT molecular complexity index is 1420. The molecule has 1 atom stereocenters. The number of guanidine groups is 1. The van der Waals surface area contributed by atoms with Crippen molar-refractivity contribution in [2.24, 2.45) is 0 Å². The van der Waals surface area contributed by atoms with Gasteiger partial charge in [-0.25, -0.2) is 0 Å². The molecule has 4 rings (SSSR count). The smallest absolute Gasteiger partial charge is 0.261 e. The van der Waals surface area contributed by atoms with Crippen LogP contribution in [-0.2, 0) is 22.4 Å². The van der Waals surface area contributed by atoms with Gasteiger partial charge in [-0.1, -0.05) is 48.5 Å². The predicted octanol–water partition coefficient (Wildman–Crippen LogP) is 1.91. The van der Waals surface area contributed by atoms with E-state index >= 15 is 0 Å². The quantitative estimate of drug-likeness (QED) is 0.160. The lowest BCUT2D eigenvalue weighted by Gasteiger charge is -2.21. The first-order valence-corrected chi connectivity index (χ1v) is 12.9. The van der Waals surface area contributed by atoms with Crippen LogP contribution in [0.4, 0.5) is 0 Å². The highest BCUT2D eigenvalue weighted by molar-refractivity contribution is 6.21. The van der Waals surface area contributed by atoms with Crippen molar-refractivity contribution < 1.29 is 28.7 Å². The summed E-state index contributed by atoms with van der Waals surface area (Å²) in [5, 5.41) is 16.3. The Morgan fingerprint density at radius 1 is 0.854 bits per heavy atom. The van der Waals surface area contributed by atoms with Gasteiger partial charge in [0.05, 0.1) is 31.8 Å². The van der Waals surface area contributed by atoms with E-state index in [0.717, 1.165) is 10.5 Å². The number of hydrogen-bond donors (Lipinski definition) is 4. The molecule has 0 radical (unpaired) electrons. The molecule has 11 heteroatoms. The van der Waals surface area contributed by atoms with Gasteiger partial charge in [0.15, 0.2) is 17.5 Å². The van der Waals surface area contributed by atoms with E-state index in [1.807, 2.05) is 30.3 Å². The lowest BCUT2D eigenvalue weighted by Crippen LogP contribution is -2.53. The maximum absolute atomic E-state index is 13.1. The lowest BCUT2D eigenvalue weighted by molar-refractivity contribution is -0.123. The van der Waals surface area contributed by atoms with Gasteiger partial charge in [-0.05, 0) is 35.4 Å². The Balaban J connectivity index is 1.35. The number of methoxy groups -OCH3 is 2. The summed E-state index contributed by atoms with van der Waals surface area (Å²) in [5.41, 5.74) is 2.17. The molecule has 0 spiro atoms. The van der Waals surface area contributed by atoms with Crippen molar-refractivity contribution in [1.82, 2.24) is 20.9 Å². The number of hydrogen-bond acceptors (Lipinski definition) is 7. The van der Waals surface area contributed by atoms with E-state index in [1.54, 1.807) is 42.5 Å². The molecule has 4 N–H and O–H groups in total. The number of carbonyl (C=O) groups is 4. The fourth-order valence-corrected chi connectivity index (χ4v) is 4.49. The normalized spacial score (nSPS) is 12.8. The van der Waals surface area contributed by atoms with E-state index in [9.17, 15) is 19.2 Å². The van der Waals surface area contributed by atoms with Crippen LogP contribution in [0, 0.1) is 5.41 Å². The SMILES string of the molecule is COc1ccc(CC(=O)NC(=N)N[C@H](Cc2ccccc2)C(=O)NCCN2C(=O)c3ccccc3C2=O)cc1OC. The molecule has 3 aromatic carbocycles. The highest BCUT2D eigenvalue weighted by atomic mass is 16.5. The van der Waals surface area contributed by atoms with Crippen LogP contribution >= 0.6 is 0 Å². The minimum Gasteiger partial charge on any atom is -0.493 e. The van der Waals surface area contributed by atoms with Crippen LogP contribution in [0.5, 0.6) is 11.5 Å². The van der Waals surface area contributed by atoms with E-state index in [4.69, 9.17) is 14.9 Å². The molecule has 0 bridgehead atoms. The first-order chi connectivity index (χ1) is 19.8. The summed E-state index contributed by atoms with van der Waals surface area (Å²) >= 11 is 0. The van der Waals surface area contributed by atoms with E-state index in [0.29, 0.717) is 28.2 Å². The number of nitrogens with one attached hydrogen (secondary N) is 4. The summed E-state index contributed by atoms with van der Waals surface area (Å²) in [7, 11) is 3.02. The van der Waals surface area contributed by atoms with Crippen molar-refractivity contribution in [2.75, 3.05) is 27.3 Å². The molecule has 41 heavy (non-hydrogen) atoms. The second-order valence-electron chi connectivity index (χ2n) is 9.27. The molecule has 1 aliphatic rings. The monoisotopic (exact) mass is 557 g/mol. The Labute approximate surface area is 237 Å². The molecule has 0 aliphatic carbocycles. The Morgan fingerprint density at radius 2 is 1.49 bits per heavy atom. The third-order valence-electron chi connectivity index (χ3n) is 6.51. The zero-order valence-corrected chi connectivity index (χ0v) is 22.7. The average molecular weight is 558 g/mol. The molecule has 11 nitrogen and oxygen atoms in total. The molecule has 0 unspecified atom stereocenters. The van der Waals surface area contributed by atoms with Crippen LogP contribution in [0.1, 0.15) is 31.8 Å². The minimum atomic E-state index is -0.909. The van der Waals surface area contributed by atoms with Crippen LogP contribution in [0.2, 0.25) is 0 Å². The van der Waals surface area contributed by atoms with Gasteiger partial charge < -0.3 is 20.1 Å². The molecule has 3 aromatic rings. The van der Waals surface area contributed by atoms with Gasteiger partial charge in [0.1, 0.15) is 6.04 Å². The van der Waals surface area contributed by atoms with Gasteiger partial charge in [-0.15, -0.1) is 0 Å². The van der Waals surface area contributed by atoms with Crippen molar-refractivity contribution in [1.29, 1.82) is 5.41 Å². The number of rotatable bonds is 11. The fraction of sp³-hybridized carbons (Fsp3) is 0.233. The largest absolute Gasteiger partial charge is 0.493 e. The summed E-state index contributed by atoms with van der Waals surface area (Å²) in [6.45, 7) is 0.0198. The third-order valence-corrected chi connectivity index (χ3v) is 6.51. The zero-order chi connectivity index (χ0) is 29.4. The highest BCUT2D eigenvalue weighted by Gasteiger charge is 2.34. The Morgan fingerprint density at radius 3 is 2.12 bits per heavy atom. The summed E-state index contributed by atoms with van der Waals surface area (Å²) in [4.78, 5) is 52.1. The first-order valence-electron chi connectivity index (χ1n) is 12.9. The summed E-state index contributed by atoms with van der Waals surface area (Å²) in [6.07, 6.45) is 0.202. The zero-order valence-electron chi connectivity index (χ0n) is 22.7. The van der Waals surface area contributed by atoms with Gasteiger partial charge in [-0.2, -0.15) is 0 Å². The summed E-state index contributed by atoms with van der Waals surface area (Å²) < 4.78 is 10.5. The van der Waals surface area contributed by atoms with E-state index in [2.05, 4.69) is 16.0 Å². The Kier molecular flexibility index (Phi) is 9.31. The van der Waals surface area contributed by atoms with Crippen LogP contribution in [-0.4, -0.2) is 67.8 Å². The van der Waals surface area contributed by atoms with Crippen LogP contribution < -0.4 is 25.4 Å². The van der Waals surface area contributed by atoms with Crippen LogP contribution in [0.15, 0.2) is 72.8 Å². The molecule has 1 heterocycles. The van der Waals surface area contributed by atoms with E-state index in [1.165, 1.54) is 14.2 Å². The van der Waals surface area contributed by atoms with Gasteiger partial charge in [0.25, 0.3) is 11.8 Å². The van der Waals surface area contributed by atoms with Gasteiger partial charge >= 0.3 is 0 Å². The standard InChI is InChI=1S/C30H31N5O6/c1-40-24-13-12-20(17-25(24)41-2)18-26(36)34-30(31)33-23(16-19-8-4-3-5-9-19)27(37)32-14-15-35-28(38)21-10-6-7-11-22(21)29(35)39/h3-13,17,23H,14-16,18H2,1-2H3,(H,32,37)(H3,31,33,34,36)/t23-/m1/s1. The third kappa shape index (κ3) is 7.07. The number of carbonyl (C=O) groups excluding carboxylic acids is 4. The summed E-state index contributed by atoms with van der Waals surface area (Å²) in [5.74, 6) is -1.05. The molecule has 212 valence electrons. The van der Waals surface area contributed by atoms with Crippen molar-refractivity contribution >= 4 is 29.6 Å². The molecule has 4 amide bonds. The first kappa shape index (κ1) is 28.8. The van der Waals surface area contributed by atoms with Crippen molar-refractivity contribution in [3.05, 3.63) is 95.1 Å². The predicted molar refractivity (Wildman–Crippen MR) is 151 cm³/mol. The minimum absolute atomic E-state index is 0.00432. The molecular formula is C30H31N5O6. The highest BCUT2D eigenvalue weighted by Crippen LogP contribution is 2.27. The molecular weight excluding hydrogens is 526 g/mol. The van der Waals surface area contributed by atoms with Crippen LogP contribution in [0.3, 0.4) is 0 Å². The number of imide groups is 1. The molecule has 1 aliphatic heterocycles. The summed E-state index contributed by atoms with van der Waals surface area (Å²) in [6, 6.07) is 20.0. The lowest BCUT2D eigenvalue weighted by atomic mass is 10.1. The van der Waals surface area contributed by atoms with Crippen molar-refractivity contribution in [2.45, 2.75) is 18.9 Å². The number of benzene rings is 3. The number of fused-ring (bicyclic) bond motifs is 1. The topological polar surface area (TPSA) is 150 Å². The van der Waals surface area contributed by atoms with Gasteiger partial charge in [0.2, 0.25) is 11.8 Å². The van der Waals surface area contributed by atoms with E-state index < -0.39 is 29.7 Å². The Hall–Kier alpha value is -5.19. The van der Waals surface area contributed by atoms with E-state index in [-0.39, 0.29) is 31.9 Å². The molecule has 0 fully saturated rings. The second kappa shape index (κ2) is 13.2.